The zero-order valence-electron chi connectivity index (χ0n) is 14.0. The fourth-order valence-corrected chi connectivity index (χ4v) is 3.79. The Morgan fingerprint density at radius 1 is 1.19 bits per heavy atom. The van der Waals surface area contributed by atoms with E-state index in [1.807, 2.05) is 0 Å². The van der Waals surface area contributed by atoms with Crippen molar-refractivity contribution in [3.8, 4) is 0 Å². The van der Waals surface area contributed by atoms with E-state index >= 15 is 0 Å². The largest absolute Gasteiger partial charge is 0.311 e. The lowest BCUT2D eigenvalue weighted by Gasteiger charge is -2.45. The highest BCUT2D eigenvalue weighted by molar-refractivity contribution is 5.28. The molecule has 0 amide bonds. The molecule has 2 nitrogen and oxygen atoms in total. The van der Waals surface area contributed by atoms with Gasteiger partial charge in [-0.05, 0) is 23.8 Å². The third-order valence-corrected chi connectivity index (χ3v) is 5.39. The molecule has 2 fully saturated rings. The van der Waals surface area contributed by atoms with E-state index in [9.17, 15) is 0 Å². The number of nitrogens with zero attached hydrogens (tertiary/aromatic N) is 1. The molecule has 0 radical (unpaired) electrons. The van der Waals surface area contributed by atoms with Crippen molar-refractivity contribution in [2.45, 2.75) is 64.6 Å². The van der Waals surface area contributed by atoms with Crippen LogP contribution >= 0.6 is 0 Å². The Hall–Kier alpha value is -0.860. The summed E-state index contributed by atoms with van der Waals surface area (Å²) in [4.78, 5) is 2.81. The van der Waals surface area contributed by atoms with Crippen LogP contribution in [0.25, 0.3) is 0 Å². The second-order valence-electron chi connectivity index (χ2n) is 7.91. The molecule has 1 N–H and O–H groups in total. The van der Waals surface area contributed by atoms with Crippen LogP contribution in [0.1, 0.15) is 52.0 Å². The van der Waals surface area contributed by atoms with Gasteiger partial charge in [-0.15, -0.1) is 0 Å². The van der Waals surface area contributed by atoms with E-state index in [4.69, 9.17) is 0 Å². The predicted octanol–water partition coefficient (Wildman–Crippen LogP) is 3.64. The smallest absolute Gasteiger partial charge is 0.0244 e. The third-order valence-electron chi connectivity index (χ3n) is 5.39. The van der Waals surface area contributed by atoms with E-state index in [1.165, 1.54) is 24.9 Å². The van der Waals surface area contributed by atoms with Crippen LogP contribution < -0.4 is 5.32 Å². The molecule has 1 heterocycles. The van der Waals surface area contributed by atoms with Gasteiger partial charge in [-0.3, -0.25) is 4.90 Å². The Morgan fingerprint density at radius 2 is 1.90 bits per heavy atom. The van der Waals surface area contributed by atoms with Crippen LogP contribution in [0.5, 0.6) is 0 Å². The lowest BCUT2D eigenvalue weighted by Crippen LogP contribution is -2.60. The Balaban J connectivity index is 1.71. The first kappa shape index (κ1) is 15.1. The van der Waals surface area contributed by atoms with E-state index in [1.54, 1.807) is 0 Å². The highest BCUT2D eigenvalue weighted by atomic mass is 15.3. The minimum absolute atomic E-state index is 0.341. The normalized spacial score (nSPS) is 33.9. The van der Waals surface area contributed by atoms with Gasteiger partial charge >= 0.3 is 0 Å². The molecule has 1 saturated heterocycles. The first-order valence-electron chi connectivity index (χ1n) is 8.54. The van der Waals surface area contributed by atoms with Crippen molar-refractivity contribution >= 4 is 0 Å². The standard InChI is InChI=1S/C19H30N2/c1-5-15-12-20-18(19(2,3)4)13-21(15)17-11-16(17)14-9-7-6-8-10-14/h6-10,15-18,20H,5,11-13H2,1-4H3. The summed E-state index contributed by atoms with van der Waals surface area (Å²) in [5.41, 5.74) is 1.87. The van der Waals surface area contributed by atoms with Crippen molar-refractivity contribution in [3.05, 3.63) is 35.9 Å². The molecule has 0 spiro atoms. The van der Waals surface area contributed by atoms with Crippen molar-refractivity contribution in [2.75, 3.05) is 13.1 Å². The van der Waals surface area contributed by atoms with Crippen LogP contribution in [0.4, 0.5) is 0 Å². The summed E-state index contributed by atoms with van der Waals surface area (Å²) in [7, 11) is 0. The molecule has 1 aromatic carbocycles. The summed E-state index contributed by atoms with van der Waals surface area (Å²) in [6.45, 7) is 11.8. The van der Waals surface area contributed by atoms with Gasteiger partial charge in [0.2, 0.25) is 0 Å². The topological polar surface area (TPSA) is 15.3 Å². The van der Waals surface area contributed by atoms with Gasteiger partial charge in [0.1, 0.15) is 0 Å². The number of benzene rings is 1. The van der Waals surface area contributed by atoms with E-state index in [0.717, 1.165) is 18.5 Å². The zero-order valence-corrected chi connectivity index (χ0v) is 14.0. The van der Waals surface area contributed by atoms with Crippen LogP contribution in [0.3, 0.4) is 0 Å². The van der Waals surface area contributed by atoms with Gasteiger partial charge in [0.15, 0.2) is 0 Å². The molecule has 3 rings (SSSR count). The molecule has 1 aromatic rings. The Bertz CT molecular complexity index is 462. The molecule has 2 heteroatoms. The van der Waals surface area contributed by atoms with Gasteiger partial charge in [0.25, 0.3) is 0 Å². The number of hydrogen-bond donors (Lipinski definition) is 1. The Kier molecular flexibility index (Phi) is 4.11. The molecule has 21 heavy (non-hydrogen) atoms. The number of piperazine rings is 1. The van der Waals surface area contributed by atoms with Crippen LogP contribution in [-0.4, -0.2) is 36.1 Å². The molecule has 1 saturated carbocycles. The third kappa shape index (κ3) is 3.17. The zero-order chi connectivity index (χ0) is 15.0. The lowest BCUT2D eigenvalue weighted by molar-refractivity contribution is 0.0755. The number of rotatable bonds is 3. The van der Waals surface area contributed by atoms with Gasteiger partial charge in [-0.2, -0.15) is 0 Å². The number of hydrogen-bond acceptors (Lipinski definition) is 2. The Labute approximate surface area is 129 Å². The van der Waals surface area contributed by atoms with Crippen molar-refractivity contribution in [2.24, 2.45) is 5.41 Å². The number of nitrogens with one attached hydrogen (secondary N) is 1. The van der Waals surface area contributed by atoms with Crippen molar-refractivity contribution in [3.63, 3.8) is 0 Å². The molecule has 0 bridgehead atoms. The summed E-state index contributed by atoms with van der Waals surface area (Å²) in [5.74, 6) is 0.763. The summed E-state index contributed by atoms with van der Waals surface area (Å²) in [6.07, 6.45) is 2.60. The molecule has 4 atom stereocenters. The predicted molar refractivity (Wildman–Crippen MR) is 89.6 cm³/mol. The van der Waals surface area contributed by atoms with Gasteiger partial charge in [0, 0.05) is 37.1 Å². The van der Waals surface area contributed by atoms with Gasteiger partial charge in [-0.25, -0.2) is 0 Å². The summed E-state index contributed by atoms with van der Waals surface area (Å²) in [5, 5.41) is 3.79. The highest BCUT2D eigenvalue weighted by Gasteiger charge is 2.47. The molecular formula is C19H30N2. The van der Waals surface area contributed by atoms with Gasteiger partial charge in [0.05, 0.1) is 0 Å². The van der Waals surface area contributed by atoms with Crippen LogP contribution in [-0.2, 0) is 0 Å². The van der Waals surface area contributed by atoms with E-state index < -0.39 is 0 Å². The molecular weight excluding hydrogens is 256 g/mol. The highest BCUT2D eigenvalue weighted by Crippen LogP contribution is 2.46. The molecule has 4 unspecified atom stereocenters. The average molecular weight is 286 g/mol. The maximum atomic E-state index is 3.79. The second-order valence-corrected chi connectivity index (χ2v) is 7.91. The molecule has 1 aliphatic carbocycles. The maximum Gasteiger partial charge on any atom is 0.0244 e. The quantitative estimate of drug-likeness (QED) is 0.912. The van der Waals surface area contributed by atoms with E-state index in [0.29, 0.717) is 17.5 Å². The van der Waals surface area contributed by atoms with E-state index in [-0.39, 0.29) is 0 Å². The van der Waals surface area contributed by atoms with Gasteiger partial charge in [-0.1, -0.05) is 58.0 Å². The van der Waals surface area contributed by atoms with Crippen molar-refractivity contribution in [1.29, 1.82) is 0 Å². The van der Waals surface area contributed by atoms with Crippen LogP contribution in [0.15, 0.2) is 30.3 Å². The molecule has 0 aromatic heterocycles. The molecule has 116 valence electrons. The SMILES string of the molecule is CCC1CNC(C(C)(C)C)CN1C1CC1c1ccccc1. The van der Waals surface area contributed by atoms with Crippen molar-refractivity contribution in [1.82, 2.24) is 10.2 Å². The van der Waals surface area contributed by atoms with Crippen LogP contribution in [0.2, 0.25) is 0 Å². The van der Waals surface area contributed by atoms with Crippen molar-refractivity contribution < 1.29 is 0 Å². The monoisotopic (exact) mass is 286 g/mol. The van der Waals surface area contributed by atoms with Gasteiger partial charge < -0.3 is 5.32 Å². The lowest BCUT2D eigenvalue weighted by atomic mass is 9.84. The van der Waals surface area contributed by atoms with Crippen LogP contribution in [0, 0.1) is 5.41 Å². The fraction of sp³-hybridized carbons (Fsp3) is 0.684. The maximum absolute atomic E-state index is 3.79. The summed E-state index contributed by atoms with van der Waals surface area (Å²) < 4.78 is 0. The summed E-state index contributed by atoms with van der Waals surface area (Å²) in [6, 6.07) is 13.2. The minimum atomic E-state index is 0.341. The van der Waals surface area contributed by atoms with E-state index in [2.05, 4.69) is 68.2 Å². The summed E-state index contributed by atoms with van der Waals surface area (Å²) >= 11 is 0. The molecule has 1 aliphatic heterocycles. The minimum Gasteiger partial charge on any atom is -0.311 e. The molecule has 2 aliphatic rings. The first-order chi connectivity index (χ1) is 10.0. The first-order valence-corrected chi connectivity index (χ1v) is 8.54. The average Bonchev–Trinajstić information content (AvgIpc) is 3.27. The fourth-order valence-electron chi connectivity index (χ4n) is 3.79. The second kappa shape index (κ2) is 5.73. The Morgan fingerprint density at radius 3 is 2.52 bits per heavy atom.